The second-order valence-corrected chi connectivity index (χ2v) is 6.48. The van der Waals surface area contributed by atoms with Crippen LogP contribution in [0.25, 0.3) is 0 Å². The number of hydrogen-bond donors (Lipinski definition) is 3. The molecule has 2 aliphatic rings. The minimum Gasteiger partial charge on any atom is -0.480 e. The summed E-state index contributed by atoms with van der Waals surface area (Å²) in [6.07, 6.45) is 4.78. The molecular formula is C15H26N2O4. The van der Waals surface area contributed by atoms with Gasteiger partial charge < -0.3 is 20.5 Å². The van der Waals surface area contributed by atoms with Gasteiger partial charge in [0.25, 0.3) is 0 Å². The summed E-state index contributed by atoms with van der Waals surface area (Å²) in [7, 11) is 0. The average Bonchev–Trinajstić information content (AvgIpc) is 2.46. The van der Waals surface area contributed by atoms with Crippen LogP contribution in [0.2, 0.25) is 0 Å². The molecule has 2 atom stereocenters. The molecule has 1 heterocycles. The Morgan fingerprint density at radius 1 is 1.29 bits per heavy atom. The van der Waals surface area contributed by atoms with E-state index < -0.39 is 11.5 Å². The smallest absolute Gasteiger partial charge is 0.329 e. The van der Waals surface area contributed by atoms with Gasteiger partial charge in [0, 0.05) is 19.8 Å². The lowest BCUT2D eigenvalue weighted by Crippen LogP contribution is -2.59. The van der Waals surface area contributed by atoms with Gasteiger partial charge in [0.2, 0.25) is 0 Å². The zero-order chi connectivity index (χ0) is 15.3. The maximum Gasteiger partial charge on any atom is 0.329 e. The highest BCUT2D eigenvalue weighted by Crippen LogP contribution is 2.32. The van der Waals surface area contributed by atoms with Gasteiger partial charge in [-0.2, -0.15) is 0 Å². The monoisotopic (exact) mass is 298 g/mol. The van der Waals surface area contributed by atoms with Crippen molar-refractivity contribution < 1.29 is 19.4 Å². The first-order valence-electron chi connectivity index (χ1n) is 7.89. The Kier molecular flexibility index (Phi) is 5.45. The van der Waals surface area contributed by atoms with Crippen LogP contribution in [0.1, 0.15) is 45.4 Å². The molecule has 2 amide bonds. The SMILES string of the molecule is CC1CCCC(NC(=O)NCC2CCOCC2)(C(=O)O)C1. The van der Waals surface area contributed by atoms with Gasteiger partial charge in [0.05, 0.1) is 0 Å². The number of amides is 2. The summed E-state index contributed by atoms with van der Waals surface area (Å²) in [4.78, 5) is 23.7. The fourth-order valence-corrected chi connectivity index (χ4v) is 3.36. The van der Waals surface area contributed by atoms with Crippen molar-refractivity contribution in [3.63, 3.8) is 0 Å². The van der Waals surface area contributed by atoms with Crippen molar-refractivity contribution in [1.82, 2.24) is 10.6 Å². The van der Waals surface area contributed by atoms with Crippen molar-refractivity contribution in [2.45, 2.75) is 51.0 Å². The molecule has 2 fully saturated rings. The highest BCUT2D eigenvalue weighted by atomic mass is 16.5. The predicted molar refractivity (Wildman–Crippen MR) is 78.1 cm³/mol. The molecule has 0 aromatic rings. The minimum absolute atomic E-state index is 0.325. The van der Waals surface area contributed by atoms with Crippen LogP contribution in [0.15, 0.2) is 0 Å². The number of ether oxygens (including phenoxy) is 1. The first kappa shape index (κ1) is 16.1. The molecule has 6 heteroatoms. The summed E-state index contributed by atoms with van der Waals surface area (Å²) in [5.74, 6) is -0.170. The van der Waals surface area contributed by atoms with Gasteiger partial charge in [-0.1, -0.05) is 19.8 Å². The summed E-state index contributed by atoms with van der Waals surface area (Å²) in [5.41, 5.74) is -1.10. The maximum atomic E-state index is 12.1. The van der Waals surface area contributed by atoms with Crippen LogP contribution in [0.3, 0.4) is 0 Å². The summed E-state index contributed by atoms with van der Waals surface area (Å²) in [6, 6.07) is -0.363. The van der Waals surface area contributed by atoms with Gasteiger partial charge in [-0.3, -0.25) is 0 Å². The van der Waals surface area contributed by atoms with E-state index in [4.69, 9.17) is 4.74 Å². The number of carbonyl (C=O) groups excluding carboxylic acids is 1. The van der Waals surface area contributed by atoms with Crippen molar-refractivity contribution in [3.8, 4) is 0 Å². The average molecular weight is 298 g/mol. The number of aliphatic carboxylic acids is 1. The second-order valence-electron chi connectivity index (χ2n) is 6.48. The highest BCUT2D eigenvalue weighted by Gasteiger charge is 2.43. The predicted octanol–water partition coefficient (Wildman–Crippen LogP) is 1.75. The Hall–Kier alpha value is -1.30. The van der Waals surface area contributed by atoms with E-state index in [0.29, 0.717) is 31.2 Å². The Morgan fingerprint density at radius 3 is 2.62 bits per heavy atom. The van der Waals surface area contributed by atoms with E-state index >= 15 is 0 Å². The Balaban J connectivity index is 1.84. The lowest BCUT2D eigenvalue weighted by molar-refractivity contribution is -0.146. The van der Waals surface area contributed by atoms with Gasteiger partial charge in [0.15, 0.2) is 0 Å². The van der Waals surface area contributed by atoms with Crippen molar-refractivity contribution in [3.05, 3.63) is 0 Å². The van der Waals surface area contributed by atoms with Crippen LogP contribution in [0.5, 0.6) is 0 Å². The standard InChI is InChI=1S/C15H26N2O4/c1-11-3-2-6-15(9-11,13(18)19)17-14(20)16-10-12-4-7-21-8-5-12/h11-12H,2-10H2,1H3,(H,18,19)(H2,16,17,20). The number of urea groups is 1. The molecular weight excluding hydrogens is 272 g/mol. The van der Waals surface area contributed by atoms with Crippen molar-refractivity contribution >= 4 is 12.0 Å². The molecule has 0 aromatic carbocycles. The molecule has 21 heavy (non-hydrogen) atoms. The number of carbonyl (C=O) groups is 2. The van der Waals surface area contributed by atoms with E-state index in [-0.39, 0.29) is 6.03 Å². The number of rotatable bonds is 4. The number of hydrogen-bond acceptors (Lipinski definition) is 3. The van der Waals surface area contributed by atoms with Gasteiger partial charge in [-0.15, -0.1) is 0 Å². The first-order valence-corrected chi connectivity index (χ1v) is 7.89. The van der Waals surface area contributed by atoms with E-state index in [1.165, 1.54) is 0 Å². The Labute approximate surface area is 125 Å². The summed E-state index contributed by atoms with van der Waals surface area (Å²) < 4.78 is 5.28. The molecule has 120 valence electrons. The molecule has 1 aliphatic carbocycles. The van der Waals surface area contributed by atoms with Crippen molar-refractivity contribution in [2.75, 3.05) is 19.8 Å². The molecule has 1 saturated carbocycles. The van der Waals surface area contributed by atoms with Gasteiger partial charge in [-0.05, 0) is 37.5 Å². The van der Waals surface area contributed by atoms with Crippen molar-refractivity contribution in [2.24, 2.45) is 11.8 Å². The van der Waals surface area contributed by atoms with E-state index in [2.05, 4.69) is 10.6 Å². The lowest BCUT2D eigenvalue weighted by Gasteiger charge is -2.37. The maximum absolute atomic E-state index is 12.1. The molecule has 0 aromatic heterocycles. The van der Waals surface area contributed by atoms with E-state index in [0.717, 1.165) is 38.9 Å². The second kappa shape index (κ2) is 7.11. The quantitative estimate of drug-likeness (QED) is 0.738. The lowest BCUT2D eigenvalue weighted by atomic mass is 9.76. The molecule has 0 radical (unpaired) electrons. The third-order valence-electron chi connectivity index (χ3n) is 4.65. The molecule has 1 aliphatic heterocycles. The zero-order valence-corrected chi connectivity index (χ0v) is 12.7. The molecule has 3 N–H and O–H groups in total. The fraction of sp³-hybridized carbons (Fsp3) is 0.867. The molecule has 2 unspecified atom stereocenters. The highest BCUT2D eigenvalue weighted by molar-refractivity contribution is 5.86. The molecule has 1 saturated heterocycles. The third-order valence-corrected chi connectivity index (χ3v) is 4.65. The van der Waals surface area contributed by atoms with Gasteiger partial charge >= 0.3 is 12.0 Å². The van der Waals surface area contributed by atoms with Crippen LogP contribution >= 0.6 is 0 Å². The largest absolute Gasteiger partial charge is 0.480 e. The van der Waals surface area contributed by atoms with Crippen LogP contribution in [-0.2, 0) is 9.53 Å². The Morgan fingerprint density at radius 2 is 2.00 bits per heavy atom. The fourth-order valence-electron chi connectivity index (χ4n) is 3.36. The first-order chi connectivity index (χ1) is 10.0. The normalized spacial score (nSPS) is 30.6. The number of carboxylic acid groups (broad SMARTS) is 1. The Bertz CT molecular complexity index is 382. The van der Waals surface area contributed by atoms with Gasteiger partial charge in [-0.25, -0.2) is 9.59 Å². The summed E-state index contributed by atoms with van der Waals surface area (Å²) >= 11 is 0. The molecule has 0 bridgehead atoms. The number of carboxylic acids is 1. The van der Waals surface area contributed by atoms with Crippen molar-refractivity contribution in [1.29, 1.82) is 0 Å². The third kappa shape index (κ3) is 4.33. The van der Waals surface area contributed by atoms with Crippen LogP contribution in [0.4, 0.5) is 4.79 Å². The van der Waals surface area contributed by atoms with Crippen LogP contribution < -0.4 is 10.6 Å². The summed E-state index contributed by atoms with van der Waals surface area (Å²) in [6.45, 7) is 4.11. The van der Waals surface area contributed by atoms with Crippen LogP contribution in [0, 0.1) is 11.8 Å². The summed E-state index contributed by atoms with van der Waals surface area (Å²) in [5, 5.41) is 15.1. The molecule has 6 nitrogen and oxygen atoms in total. The van der Waals surface area contributed by atoms with E-state index in [1.54, 1.807) is 0 Å². The minimum atomic E-state index is -1.10. The molecule has 0 spiro atoms. The van der Waals surface area contributed by atoms with Crippen LogP contribution in [-0.4, -0.2) is 42.4 Å². The van der Waals surface area contributed by atoms with E-state index in [9.17, 15) is 14.7 Å². The molecule has 2 rings (SSSR count). The number of nitrogens with one attached hydrogen (secondary N) is 2. The zero-order valence-electron chi connectivity index (χ0n) is 12.7. The van der Waals surface area contributed by atoms with Gasteiger partial charge in [0.1, 0.15) is 5.54 Å². The van der Waals surface area contributed by atoms with E-state index in [1.807, 2.05) is 6.92 Å². The topological polar surface area (TPSA) is 87.7 Å².